The Morgan fingerprint density at radius 1 is 1.44 bits per heavy atom. The number of likely N-dealkylation sites (tertiary alicyclic amines) is 1. The lowest BCUT2D eigenvalue weighted by Crippen LogP contribution is -2.31. The molecule has 1 saturated heterocycles. The molecule has 0 aromatic carbocycles. The maximum atomic E-state index is 10.8. The van der Waals surface area contributed by atoms with Gasteiger partial charge in [-0.25, -0.2) is 0 Å². The molecule has 6 heteroatoms. The van der Waals surface area contributed by atoms with Crippen LogP contribution < -0.4 is 5.32 Å². The van der Waals surface area contributed by atoms with Crippen LogP contribution in [-0.2, 0) is 9.59 Å². The molecule has 1 rings (SSSR count). The topological polar surface area (TPSA) is 89.9 Å². The van der Waals surface area contributed by atoms with E-state index in [1.54, 1.807) is 0 Å². The van der Waals surface area contributed by atoms with E-state index in [2.05, 4.69) is 17.3 Å². The van der Waals surface area contributed by atoms with Gasteiger partial charge in [-0.1, -0.05) is 0 Å². The van der Waals surface area contributed by atoms with Crippen LogP contribution in [0, 0.1) is 11.8 Å². The van der Waals surface area contributed by atoms with Gasteiger partial charge in [0.15, 0.2) is 0 Å². The van der Waals surface area contributed by atoms with Gasteiger partial charge in [0.1, 0.15) is 0 Å². The van der Waals surface area contributed by atoms with Crippen molar-refractivity contribution < 1.29 is 19.8 Å². The van der Waals surface area contributed by atoms with Crippen LogP contribution in [0.2, 0.25) is 0 Å². The van der Waals surface area contributed by atoms with E-state index < -0.39 is 17.9 Å². The first-order valence-electron chi connectivity index (χ1n) is 6.33. The fraction of sp³-hybridized carbons (Fsp3) is 0.833. The molecule has 0 spiro atoms. The van der Waals surface area contributed by atoms with E-state index in [1.807, 2.05) is 0 Å². The van der Waals surface area contributed by atoms with Gasteiger partial charge in [-0.3, -0.25) is 9.59 Å². The van der Waals surface area contributed by atoms with Crippen molar-refractivity contribution >= 4 is 11.9 Å². The van der Waals surface area contributed by atoms with Crippen LogP contribution in [-0.4, -0.2) is 60.3 Å². The highest BCUT2D eigenvalue weighted by Crippen LogP contribution is 2.17. The molecule has 6 nitrogen and oxygen atoms in total. The van der Waals surface area contributed by atoms with Crippen molar-refractivity contribution in [3.8, 4) is 0 Å². The zero-order chi connectivity index (χ0) is 13.5. The summed E-state index contributed by atoms with van der Waals surface area (Å²) in [7, 11) is 2.10. The van der Waals surface area contributed by atoms with Gasteiger partial charge in [0.05, 0.1) is 12.3 Å². The summed E-state index contributed by atoms with van der Waals surface area (Å²) in [5, 5.41) is 20.5. The number of nitrogens with zero attached hydrogens (tertiary/aromatic N) is 1. The lowest BCUT2D eigenvalue weighted by atomic mass is 10.0. The van der Waals surface area contributed by atoms with Crippen molar-refractivity contribution in [1.82, 2.24) is 10.2 Å². The van der Waals surface area contributed by atoms with Gasteiger partial charge in [-0.15, -0.1) is 0 Å². The molecule has 1 aliphatic rings. The van der Waals surface area contributed by atoms with Crippen LogP contribution in [0.3, 0.4) is 0 Å². The number of aliphatic carboxylic acids is 2. The summed E-state index contributed by atoms with van der Waals surface area (Å²) in [6, 6.07) is 0. The second-order valence-electron chi connectivity index (χ2n) is 5.04. The number of nitrogens with one attached hydrogen (secondary N) is 1. The van der Waals surface area contributed by atoms with Gasteiger partial charge in [-0.2, -0.15) is 0 Å². The Morgan fingerprint density at radius 2 is 2.17 bits per heavy atom. The highest BCUT2D eigenvalue weighted by atomic mass is 16.4. The van der Waals surface area contributed by atoms with Gasteiger partial charge in [0.2, 0.25) is 0 Å². The minimum Gasteiger partial charge on any atom is -0.481 e. The van der Waals surface area contributed by atoms with Gasteiger partial charge >= 0.3 is 11.9 Å². The molecule has 1 fully saturated rings. The van der Waals surface area contributed by atoms with Crippen molar-refractivity contribution in [2.24, 2.45) is 11.8 Å². The summed E-state index contributed by atoms with van der Waals surface area (Å²) in [6.07, 6.45) is 1.88. The molecule has 2 atom stereocenters. The Hall–Kier alpha value is -1.14. The summed E-state index contributed by atoms with van der Waals surface area (Å²) < 4.78 is 0. The first-order chi connectivity index (χ1) is 8.49. The quantitative estimate of drug-likeness (QED) is 0.535. The lowest BCUT2D eigenvalue weighted by Gasteiger charge is -2.13. The van der Waals surface area contributed by atoms with E-state index in [1.165, 1.54) is 6.42 Å². The third-order valence-corrected chi connectivity index (χ3v) is 3.38. The Labute approximate surface area is 107 Å². The van der Waals surface area contributed by atoms with Gasteiger partial charge in [0.25, 0.3) is 0 Å². The van der Waals surface area contributed by atoms with Gasteiger partial charge < -0.3 is 20.4 Å². The molecule has 0 aromatic rings. The normalized spacial score (nSPS) is 21.9. The molecular weight excluding hydrogens is 236 g/mol. The van der Waals surface area contributed by atoms with Crippen molar-refractivity contribution in [1.29, 1.82) is 0 Å². The second-order valence-corrected chi connectivity index (χ2v) is 5.04. The van der Waals surface area contributed by atoms with E-state index >= 15 is 0 Å². The highest BCUT2D eigenvalue weighted by molar-refractivity contribution is 5.77. The molecule has 3 N–H and O–H groups in total. The van der Waals surface area contributed by atoms with E-state index in [0.29, 0.717) is 5.92 Å². The Bertz CT molecular complexity index is 296. The van der Waals surface area contributed by atoms with Crippen LogP contribution in [0.25, 0.3) is 0 Å². The van der Waals surface area contributed by atoms with Crippen molar-refractivity contribution in [2.75, 3.05) is 33.2 Å². The zero-order valence-corrected chi connectivity index (χ0v) is 10.8. The molecule has 0 amide bonds. The molecule has 2 unspecified atom stereocenters. The predicted molar refractivity (Wildman–Crippen MR) is 66.5 cm³/mol. The molecule has 0 saturated carbocycles. The SMILES string of the molecule is CN1CCC(CCNCC(CC(=O)O)C(=O)O)C1. The summed E-state index contributed by atoms with van der Waals surface area (Å²) in [5.41, 5.74) is 0. The molecule has 104 valence electrons. The molecule has 0 aliphatic carbocycles. The predicted octanol–water partition coefficient (Wildman–Crippen LogP) is 0.0933. The zero-order valence-electron chi connectivity index (χ0n) is 10.8. The van der Waals surface area contributed by atoms with E-state index in [-0.39, 0.29) is 13.0 Å². The standard InChI is InChI=1S/C12H22N2O4/c1-14-5-3-9(8-14)2-4-13-7-10(12(17)18)6-11(15)16/h9-10,13H,2-8H2,1H3,(H,15,16)(H,17,18). The first kappa shape index (κ1) is 14.9. The van der Waals surface area contributed by atoms with Crippen LogP contribution in [0.1, 0.15) is 19.3 Å². The minimum atomic E-state index is -1.07. The summed E-state index contributed by atoms with van der Waals surface area (Å²) in [5.74, 6) is -2.29. The monoisotopic (exact) mass is 258 g/mol. The summed E-state index contributed by atoms with van der Waals surface area (Å²) >= 11 is 0. The van der Waals surface area contributed by atoms with E-state index in [4.69, 9.17) is 10.2 Å². The third kappa shape index (κ3) is 5.46. The second kappa shape index (κ2) is 7.33. The molecule has 18 heavy (non-hydrogen) atoms. The number of rotatable bonds is 8. The Morgan fingerprint density at radius 3 is 2.67 bits per heavy atom. The molecule has 0 aromatic heterocycles. The Balaban J connectivity index is 2.14. The smallest absolute Gasteiger partial charge is 0.308 e. The molecule has 1 heterocycles. The van der Waals surface area contributed by atoms with Crippen molar-refractivity contribution in [3.63, 3.8) is 0 Å². The van der Waals surface area contributed by atoms with Crippen LogP contribution in [0.5, 0.6) is 0 Å². The molecule has 0 radical (unpaired) electrons. The van der Waals surface area contributed by atoms with Gasteiger partial charge in [-0.05, 0) is 38.9 Å². The van der Waals surface area contributed by atoms with E-state index in [9.17, 15) is 9.59 Å². The number of hydrogen-bond donors (Lipinski definition) is 3. The third-order valence-electron chi connectivity index (χ3n) is 3.38. The van der Waals surface area contributed by atoms with Crippen LogP contribution in [0.15, 0.2) is 0 Å². The number of carboxylic acids is 2. The minimum absolute atomic E-state index is 0.226. The van der Waals surface area contributed by atoms with Crippen LogP contribution >= 0.6 is 0 Å². The van der Waals surface area contributed by atoms with Crippen molar-refractivity contribution in [2.45, 2.75) is 19.3 Å². The highest BCUT2D eigenvalue weighted by Gasteiger charge is 2.21. The fourth-order valence-corrected chi connectivity index (χ4v) is 2.30. The van der Waals surface area contributed by atoms with Gasteiger partial charge in [0, 0.05) is 13.1 Å². The maximum absolute atomic E-state index is 10.8. The summed E-state index contributed by atoms with van der Waals surface area (Å²) in [6.45, 7) is 3.20. The average Bonchev–Trinajstić information content (AvgIpc) is 2.68. The maximum Gasteiger partial charge on any atom is 0.308 e. The van der Waals surface area contributed by atoms with Crippen LogP contribution in [0.4, 0.5) is 0 Å². The van der Waals surface area contributed by atoms with E-state index in [0.717, 1.165) is 26.1 Å². The lowest BCUT2D eigenvalue weighted by molar-refractivity contribution is -0.148. The first-order valence-corrected chi connectivity index (χ1v) is 6.33. The molecule has 0 bridgehead atoms. The average molecular weight is 258 g/mol. The number of carbonyl (C=O) groups is 2. The molecule has 1 aliphatic heterocycles. The largest absolute Gasteiger partial charge is 0.481 e. The number of hydrogen-bond acceptors (Lipinski definition) is 4. The Kier molecular flexibility index (Phi) is 6.07. The number of carboxylic acid groups (broad SMARTS) is 2. The van der Waals surface area contributed by atoms with Crippen molar-refractivity contribution in [3.05, 3.63) is 0 Å². The summed E-state index contributed by atoms with van der Waals surface area (Å²) in [4.78, 5) is 23.6. The fourth-order valence-electron chi connectivity index (χ4n) is 2.30. The molecular formula is C12H22N2O4.